The van der Waals surface area contributed by atoms with Gasteiger partial charge in [-0.15, -0.1) is 0 Å². The van der Waals surface area contributed by atoms with E-state index in [2.05, 4.69) is 21.2 Å². The molecule has 0 saturated heterocycles. The number of hydrogen-bond donors (Lipinski definition) is 3. The molecule has 9 heteroatoms. The quantitative estimate of drug-likeness (QED) is 0.230. The molecule has 0 heterocycles. The Balaban J connectivity index is 1.43. The number of anilines is 1. The van der Waals surface area contributed by atoms with Crippen LogP contribution in [0, 0.1) is 0 Å². The molecule has 3 aromatic rings. The lowest BCUT2D eigenvalue weighted by Crippen LogP contribution is -2.32. The molecule has 0 aliphatic rings. The number of rotatable bonds is 10. The highest BCUT2D eigenvalue weighted by atomic mass is 16.5. The van der Waals surface area contributed by atoms with E-state index in [1.807, 2.05) is 44.2 Å². The van der Waals surface area contributed by atoms with E-state index >= 15 is 0 Å². The third-order valence-electron chi connectivity index (χ3n) is 4.95. The van der Waals surface area contributed by atoms with Crippen LogP contribution >= 0.6 is 0 Å². The maximum atomic E-state index is 12.2. The number of carbonyl (C=O) groups is 3. The fourth-order valence-electron chi connectivity index (χ4n) is 3.15. The van der Waals surface area contributed by atoms with Crippen LogP contribution in [0.1, 0.15) is 31.0 Å². The van der Waals surface area contributed by atoms with Crippen molar-refractivity contribution in [1.82, 2.24) is 10.7 Å². The van der Waals surface area contributed by atoms with Gasteiger partial charge in [0.25, 0.3) is 5.91 Å². The molecule has 1 unspecified atom stereocenters. The van der Waals surface area contributed by atoms with Gasteiger partial charge in [0, 0.05) is 0 Å². The lowest BCUT2D eigenvalue weighted by atomic mass is 10.1. The molecule has 186 valence electrons. The smallest absolute Gasteiger partial charge is 0.329 e. The second-order valence-corrected chi connectivity index (χ2v) is 7.64. The maximum Gasteiger partial charge on any atom is 0.329 e. The molecule has 0 aliphatic heterocycles. The van der Waals surface area contributed by atoms with Crippen LogP contribution in [0.25, 0.3) is 0 Å². The molecule has 0 radical (unpaired) electrons. The minimum Gasteiger partial charge on any atom is -0.492 e. The first kappa shape index (κ1) is 26.0. The Morgan fingerprint density at radius 3 is 2.31 bits per heavy atom. The minimum atomic E-state index is -0.923. The molecule has 3 rings (SSSR count). The summed E-state index contributed by atoms with van der Waals surface area (Å²) in [5.41, 5.74) is 4.24. The molecule has 0 spiro atoms. The van der Waals surface area contributed by atoms with Crippen molar-refractivity contribution in [3.8, 4) is 11.5 Å². The molecule has 3 N–H and O–H groups in total. The Morgan fingerprint density at radius 1 is 0.889 bits per heavy atom. The monoisotopic (exact) mass is 488 g/mol. The van der Waals surface area contributed by atoms with Gasteiger partial charge in [0.05, 0.1) is 24.6 Å². The summed E-state index contributed by atoms with van der Waals surface area (Å²) >= 11 is 0. The first-order valence-corrected chi connectivity index (χ1v) is 11.4. The van der Waals surface area contributed by atoms with Crippen molar-refractivity contribution in [2.45, 2.75) is 19.9 Å². The van der Waals surface area contributed by atoms with Gasteiger partial charge in [-0.1, -0.05) is 42.5 Å². The highest BCUT2D eigenvalue weighted by Crippen LogP contribution is 2.23. The lowest BCUT2D eigenvalue weighted by Gasteiger charge is -2.14. The summed E-state index contributed by atoms with van der Waals surface area (Å²) in [6.07, 6.45) is 1.39. The minimum absolute atomic E-state index is 0.123. The Hall–Kier alpha value is -4.66. The van der Waals surface area contributed by atoms with Gasteiger partial charge < -0.3 is 20.1 Å². The van der Waals surface area contributed by atoms with E-state index in [1.54, 1.807) is 48.5 Å². The molecule has 0 aliphatic carbocycles. The van der Waals surface area contributed by atoms with Crippen molar-refractivity contribution in [2.75, 3.05) is 18.5 Å². The summed E-state index contributed by atoms with van der Waals surface area (Å²) in [7, 11) is 0. The predicted molar refractivity (Wildman–Crippen MR) is 137 cm³/mol. The van der Waals surface area contributed by atoms with Crippen molar-refractivity contribution >= 4 is 29.6 Å². The number of hydrogen-bond acceptors (Lipinski definition) is 6. The number of hydrazone groups is 1. The van der Waals surface area contributed by atoms with Crippen molar-refractivity contribution in [2.24, 2.45) is 5.10 Å². The van der Waals surface area contributed by atoms with Crippen molar-refractivity contribution in [1.29, 1.82) is 0 Å². The normalized spacial score (nSPS) is 11.4. The molecule has 0 bridgehead atoms. The first-order valence-electron chi connectivity index (χ1n) is 11.4. The zero-order valence-electron chi connectivity index (χ0n) is 20.1. The van der Waals surface area contributed by atoms with Crippen LogP contribution < -0.4 is 25.5 Å². The van der Waals surface area contributed by atoms with Crippen LogP contribution in [0.5, 0.6) is 11.5 Å². The fraction of sp³-hybridized carbons (Fsp3) is 0.185. The summed E-state index contributed by atoms with van der Waals surface area (Å²) in [6.45, 7) is 4.03. The zero-order chi connectivity index (χ0) is 25.8. The number of amides is 3. The first-order chi connectivity index (χ1) is 17.5. The van der Waals surface area contributed by atoms with Crippen molar-refractivity contribution in [3.05, 3.63) is 90.0 Å². The molecular formula is C27H28N4O5. The third-order valence-corrected chi connectivity index (χ3v) is 4.95. The molecule has 0 aromatic heterocycles. The fourth-order valence-corrected chi connectivity index (χ4v) is 3.15. The van der Waals surface area contributed by atoms with Gasteiger partial charge in [-0.3, -0.25) is 14.4 Å². The summed E-state index contributed by atoms with van der Waals surface area (Å²) < 4.78 is 11.0. The predicted octanol–water partition coefficient (Wildman–Crippen LogP) is 3.43. The van der Waals surface area contributed by atoms with Crippen LogP contribution in [0.15, 0.2) is 84.0 Å². The van der Waals surface area contributed by atoms with E-state index in [0.29, 0.717) is 29.4 Å². The summed E-state index contributed by atoms with van der Waals surface area (Å²) in [6, 6.07) is 23.1. The molecule has 3 aromatic carbocycles. The number of nitrogens with zero attached hydrogens (tertiary/aromatic N) is 1. The number of para-hydroxylation sites is 2. The van der Waals surface area contributed by atoms with Gasteiger partial charge in [-0.2, -0.15) is 5.10 Å². The molecule has 1 atom stereocenters. The molecule has 3 amide bonds. The van der Waals surface area contributed by atoms with E-state index < -0.39 is 11.8 Å². The van der Waals surface area contributed by atoms with Gasteiger partial charge >= 0.3 is 11.8 Å². The molecule has 9 nitrogen and oxygen atoms in total. The molecule has 0 saturated carbocycles. The van der Waals surface area contributed by atoms with Gasteiger partial charge in [0.2, 0.25) is 0 Å². The topological polar surface area (TPSA) is 118 Å². The summed E-state index contributed by atoms with van der Waals surface area (Å²) in [4.78, 5) is 36.3. The van der Waals surface area contributed by atoms with Crippen LogP contribution in [0.4, 0.5) is 5.69 Å². The van der Waals surface area contributed by atoms with Crippen LogP contribution in [0.2, 0.25) is 0 Å². The average molecular weight is 489 g/mol. The SMILES string of the molecule is CCOc1ccccc1NC(=O)C(=O)NN=Cc1ccc(OCC(=O)NC(C)c2ccccc2)cc1. The van der Waals surface area contributed by atoms with Gasteiger partial charge in [-0.25, -0.2) is 5.43 Å². The lowest BCUT2D eigenvalue weighted by molar-refractivity contribution is -0.136. The molecule has 0 fully saturated rings. The van der Waals surface area contributed by atoms with E-state index in [4.69, 9.17) is 9.47 Å². The van der Waals surface area contributed by atoms with E-state index in [9.17, 15) is 14.4 Å². The maximum absolute atomic E-state index is 12.2. The van der Waals surface area contributed by atoms with E-state index in [1.165, 1.54) is 6.21 Å². The third kappa shape index (κ3) is 7.98. The van der Waals surface area contributed by atoms with E-state index in [0.717, 1.165) is 5.56 Å². The largest absolute Gasteiger partial charge is 0.492 e. The number of benzene rings is 3. The molecule has 36 heavy (non-hydrogen) atoms. The second kappa shape index (κ2) is 13.3. The summed E-state index contributed by atoms with van der Waals surface area (Å²) in [5, 5.41) is 9.19. The Bertz CT molecular complexity index is 1200. The molecular weight excluding hydrogens is 460 g/mol. The van der Waals surface area contributed by atoms with Crippen LogP contribution in [-0.2, 0) is 14.4 Å². The van der Waals surface area contributed by atoms with Gasteiger partial charge in [0.1, 0.15) is 11.5 Å². The Labute approximate surface area is 209 Å². The zero-order valence-corrected chi connectivity index (χ0v) is 20.1. The summed E-state index contributed by atoms with van der Waals surface area (Å²) in [5.74, 6) is -1.06. The van der Waals surface area contributed by atoms with Crippen molar-refractivity contribution < 1.29 is 23.9 Å². The van der Waals surface area contributed by atoms with Crippen molar-refractivity contribution in [3.63, 3.8) is 0 Å². The second-order valence-electron chi connectivity index (χ2n) is 7.64. The number of carbonyl (C=O) groups excluding carboxylic acids is 3. The van der Waals surface area contributed by atoms with Gasteiger partial charge in [0.15, 0.2) is 6.61 Å². The Morgan fingerprint density at radius 2 is 1.58 bits per heavy atom. The van der Waals surface area contributed by atoms with Gasteiger partial charge in [-0.05, 0) is 61.4 Å². The average Bonchev–Trinajstić information content (AvgIpc) is 2.90. The Kier molecular flexibility index (Phi) is 9.58. The van der Waals surface area contributed by atoms with Crippen LogP contribution in [-0.4, -0.2) is 37.1 Å². The number of ether oxygens (including phenoxy) is 2. The highest BCUT2D eigenvalue weighted by molar-refractivity contribution is 6.39. The van der Waals surface area contributed by atoms with Crippen LogP contribution in [0.3, 0.4) is 0 Å². The highest BCUT2D eigenvalue weighted by Gasteiger charge is 2.15. The standard InChI is InChI=1S/C27H28N4O5/c1-3-35-24-12-8-7-11-23(24)30-26(33)27(34)31-28-17-20-13-15-22(16-14-20)36-18-25(32)29-19(2)21-9-5-4-6-10-21/h4-17,19H,3,18H2,1-2H3,(H,29,32)(H,30,33)(H,31,34). The van der Waals surface area contributed by atoms with E-state index in [-0.39, 0.29) is 18.6 Å². The number of nitrogens with one attached hydrogen (secondary N) is 3.